The smallest absolute Gasteiger partial charge is 0.137 e. The molecule has 112 valence electrons. The van der Waals surface area contributed by atoms with Gasteiger partial charge in [0.25, 0.3) is 0 Å². The zero-order valence-corrected chi connectivity index (χ0v) is 13.0. The zero-order chi connectivity index (χ0) is 15.2. The van der Waals surface area contributed by atoms with Crippen LogP contribution < -0.4 is 10.1 Å². The minimum absolute atomic E-state index is 0.254. The van der Waals surface area contributed by atoms with Crippen molar-refractivity contribution in [2.24, 2.45) is 0 Å². The normalized spacial score (nSPS) is 10.7. The Kier molecular flexibility index (Phi) is 5.59. The Hall–Kier alpha value is -1.58. The summed E-state index contributed by atoms with van der Waals surface area (Å²) in [6, 6.07) is 10.4. The first kappa shape index (κ1) is 15.8. The van der Waals surface area contributed by atoms with Crippen LogP contribution in [0.25, 0.3) is 11.1 Å². The van der Waals surface area contributed by atoms with E-state index in [4.69, 9.17) is 16.3 Å². The Morgan fingerprint density at radius 1 is 1.19 bits per heavy atom. The molecule has 0 aromatic heterocycles. The number of hydrogen-bond acceptors (Lipinski definition) is 2. The number of methoxy groups -OCH3 is 1. The van der Waals surface area contributed by atoms with E-state index in [0.717, 1.165) is 30.6 Å². The Bertz CT molecular complexity index is 616. The van der Waals surface area contributed by atoms with Crippen LogP contribution in [0, 0.1) is 5.82 Å². The van der Waals surface area contributed by atoms with Crippen LogP contribution in [-0.2, 0) is 6.54 Å². The highest BCUT2D eigenvalue weighted by atomic mass is 35.5. The minimum Gasteiger partial charge on any atom is -0.495 e. The van der Waals surface area contributed by atoms with Crippen molar-refractivity contribution in [3.05, 3.63) is 52.8 Å². The molecule has 0 radical (unpaired) electrons. The lowest BCUT2D eigenvalue weighted by molar-refractivity contribution is 0.415. The van der Waals surface area contributed by atoms with E-state index in [-0.39, 0.29) is 5.82 Å². The second kappa shape index (κ2) is 7.43. The summed E-state index contributed by atoms with van der Waals surface area (Å²) in [4.78, 5) is 0. The molecule has 0 bridgehead atoms. The summed E-state index contributed by atoms with van der Waals surface area (Å²) in [5.41, 5.74) is 2.35. The van der Waals surface area contributed by atoms with Gasteiger partial charge in [-0.2, -0.15) is 0 Å². The third kappa shape index (κ3) is 3.96. The average molecular weight is 308 g/mol. The maximum Gasteiger partial charge on any atom is 0.137 e. The van der Waals surface area contributed by atoms with Gasteiger partial charge in [0.15, 0.2) is 0 Å². The standard InChI is InChI=1S/C17H19ClFNO/c1-3-8-20-11-12-4-6-16(19)14(9-12)13-5-7-17(21-2)15(18)10-13/h4-7,9-10,20H,3,8,11H2,1-2H3. The number of nitrogens with one attached hydrogen (secondary N) is 1. The van der Waals surface area contributed by atoms with Crippen molar-refractivity contribution in [3.63, 3.8) is 0 Å². The fourth-order valence-electron chi connectivity index (χ4n) is 2.15. The molecule has 0 aliphatic carbocycles. The van der Waals surface area contributed by atoms with E-state index in [1.807, 2.05) is 12.1 Å². The molecule has 1 N–H and O–H groups in total. The number of rotatable bonds is 6. The molecular formula is C17H19ClFNO. The van der Waals surface area contributed by atoms with Crippen LogP contribution in [0.15, 0.2) is 36.4 Å². The van der Waals surface area contributed by atoms with Crippen LogP contribution in [0.3, 0.4) is 0 Å². The highest BCUT2D eigenvalue weighted by Gasteiger charge is 2.09. The zero-order valence-electron chi connectivity index (χ0n) is 12.2. The number of halogens is 2. The molecule has 0 amide bonds. The second-order valence-electron chi connectivity index (χ2n) is 4.84. The van der Waals surface area contributed by atoms with Crippen molar-refractivity contribution in [1.29, 1.82) is 0 Å². The van der Waals surface area contributed by atoms with Gasteiger partial charge in [-0.15, -0.1) is 0 Å². The maximum absolute atomic E-state index is 14.1. The third-order valence-corrected chi connectivity index (χ3v) is 3.54. The third-order valence-electron chi connectivity index (χ3n) is 3.25. The van der Waals surface area contributed by atoms with Crippen molar-refractivity contribution in [1.82, 2.24) is 5.32 Å². The van der Waals surface area contributed by atoms with Crippen molar-refractivity contribution in [2.45, 2.75) is 19.9 Å². The van der Waals surface area contributed by atoms with E-state index in [0.29, 0.717) is 16.3 Å². The molecule has 0 aliphatic heterocycles. The van der Waals surface area contributed by atoms with Crippen LogP contribution in [0.4, 0.5) is 4.39 Å². The summed E-state index contributed by atoms with van der Waals surface area (Å²) in [6.45, 7) is 3.79. The molecular weight excluding hydrogens is 289 g/mol. The van der Waals surface area contributed by atoms with Gasteiger partial charge < -0.3 is 10.1 Å². The summed E-state index contributed by atoms with van der Waals surface area (Å²) in [6.07, 6.45) is 1.07. The molecule has 0 saturated heterocycles. The first-order chi connectivity index (χ1) is 10.2. The van der Waals surface area contributed by atoms with Gasteiger partial charge in [-0.3, -0.25) is 0 Å². The Morgan fingerprint density at radius 3 is 2.67 bits per heavy atom. The van der Waals surface area contributed by atoms with Gasteiger partial charge in [-0.1, -0.05) is 30.7 Å². The quantitative estimate of drug-likeness (QED) is 0.784. The molecule has 4 heteroatoms. The predicted octanol–water partition coefficient (Wildman–Crippen LogP) is 4.65. The van der Waals surface area contributed by atoms with Crippen molar-refractivity contribution >= 4 is 11.6 Å². The molecule has 0 saturated carbocycles. The van der Waals surface area contributed by atoms with Crippen molar-refractivity contribution in [3.8, 4) is 16.9 Å². The minimum atomic E-state index is -0.254. The fourth-order valence-corrected chi connectivity index (χ4v) is 2.40. The van der Waals surface area contributed by atoms with Crippen LogP contribution in [0.2, 0.25) is 5.02 Å². The summed E-state index contributed by atoms with van der Waals surface area (Å²) in [5, 5.41) is 3.79. The fraction of sp³-hybridized carbons (Fsp3) is 0.294. The average Bonchev–Trinajstić information content (AvgIpc) is 2.49. The monoisotopic (exact) mass is 307 g/mol. The molecule has 0 unspecified atom stereocenters. The molecule has 2 aromatic carbocycles. The molecule has 0 aliphatic rings. The maximum atomic E-state index is 14.1. The molecule has 2 nitrogen and oxygen atoms in total. The van der Waals surface area contributed by atoms with Gasteiger partial charge in [0.05, 0.1) is 12.1 Å². The van der Waals surface area contributed by atoms with Crippen LogP contribution in [0.5, 0.6) is 5.75 Å². The molecule has 0 heterocycles. The highest BCUT2D eigenvalue weighted by Crippen LogP contribution is 2.31. The van der Waals surface area contributed by atoms with Gasteiger partial charge >= 0.3 is 0 Å². The van der Waals surface area contributed by atoms with Crippen molar-refractivity contribution in [2.75, 3.05) is 13.7 Å². The second-order valence-corrected chi connectivity index (χ2v) is 5.25. The highest BCUT2D eigenvalue weighted by molar-refractivity contribution is 6.32. The Balaban J connectivity index is 2.29. The molecule has 0 spiro atoms. The molecule has 2 rings (SSSR count). The Labute approximate surface area is 129 Å². The van der Waals surface area contributed by atoms with Gasteiger partial charge in [-0.05, 0) is 48.4 Å². The van der Waals surface area contributed by atoms with E-state index in [9.17, 15) is 4.39 Å². The van der Waals surface area contributed by atoms with E-state index in [1.165, 1.54) is 6.07 Å². The van der Waals surface area contributed by atoms with Crippen LogP contribution in [-0.4, -0.2) is 13.7 Å². The molecule has 2 aromatic rings. The first-order valence-electron chi connectivity index (χ1n) is 6.98. The van der Waals surface area contributed by atoms with E-state index >= 15 is 0 Å². The lowest BCUT2D eigenvalue weighted by Crippen LogP contribution is -2.13. The van der Waals surface area contributed by atoms with E-state index in [2.05, 4.69) is 12.2 Å². The first-order valence-corrected chi connectivity index (χ1v) is 7.36. The summed E-state index contributed by atoms with van der Waals surface area (Å²) >= 11 is 6.11. The summed E-state index contributed by atoms with van der Waals surface area (Å²) < 4.78 is 19.2. The van der Waals surface area contributed by atoms with Gasteiger partial charge in [0.2, 0.25) is 0 Å². The van der Waals surface area contributed by atoms with E-state index < -0.39 is 0 Å². The van der Waals surface area contributed by atoms with Gasteiger partial charge in [-0.25, -0.2) is 4.39 Å². The van der Waals surface area contributed by atoms with Crippen LogP contribution >= 0.6 is 11.6 Å². The van der Waals surface area contributed by atoms with Crippen LogP contribution in [0.1, 0.15) is 18.9 Å². The lowest BCUT2D eigenvalue weighted by Gasteiger charge is -2.10. The molecule has 0 atom stereocenters. The largest absolute Gasteiger partial charge is 0.495 e. The molecule has 21 heavy (non-hydrogen) atoms. The number of hydrogen-bond donors (Lipinski definition) is 1. The number of benzene rings is 2. The summed E-state index contributed by atoms with van der Waals surface area (Å²) in [5.74, 6) is 0.331. The lowest BCUT2D eigenvalue weighted by atomic mass is 10.0. The number of ether oxygens (including phenoxy) is 1. The van der Waals surface area contributed by atoms with Crippen molar-refractivity contribution < 1.29 is 9.13 Å². The van der Waals surface area contributed by atoms with Gasteiger partial charge in [0, 0.05) is 12.1 Å². The van der Waals surface area contributed by atoms with Gasteiger partial charge in [0.1, 0.15) is 11.6 Å². The predicted molar refractivity (Wildman–Crippen MR) is 85.4 cm³/mol. The SMILES string of the molecule is CCCNCc1ccc(F)c(-c2ccc(OC)c(Cl)c2)c1. The summed E-state index contributed by atoms with van der Waals surface area (Å²) in [7, 11) is 1.56. The van der Waals surface area contributed by atoms with E-state index in [1.54, 1.807) is 25.3 Å². The molecule has 0 fully saturated rings. The topological polar surface area (TPSA) is 21.3 Å². The Morgan fingerprint density at radius 2 is 2.00 bits per heavy atom.